The van der Waals surface area contributed by atoms with E-state index >= 15 is 0 Å². The summed E-state index contributed by atoms with van der Waals surface area (Å²) in [7, 11) is 0. The molecule has 3 rings (SSSR count). The molecule has 4 nitrogen and oxygen atoms in total. The van der Waals surface area contributed by atoms with Gasteiger partial charge in [-0.3, -0.25) is 0 Å². The van der Waals surface area contributed by atoms with Crippen LogP contribution in [0.2, 0.25) is 0 Å². The van der Waals surface area contributed by atoms with Crippen LogP contribution in [0.15, 0.2) is 62.5 Å². The lowest BCUT2D eigenvalue weighted by atomic mass is 10.1. The molecule has 19 heavy (non-hydrogen) atoms. The first kappa shape index (κ1) is 12.0. The first-order valence-corrected chi connectivity index (χ1v) is 6.57. The molecule has 3 aromatic rings. The highest BCUT2D eigenvalue weighted by Crippen LogP contribution is 2.22. The second-order valence-corrected chi connectivity index (χ2v) is 4.79. The van der Waals surface area contributed by atoms with E-state index < -0.39 is 0 Å². The number of furan rings is 1. The zero-order chi connectivity index (χ0) is 13.1. The smallest absolute Gasteiger partial charge is 0.181 e. The van der Waals surface area contributed by atoms with E-state index in [1.54, 1.807) is 6.20 Å². The minimum Gasteiger partial charge on any atom is -0.452 e. The average Bonchev–Trinajstić information content (AvgIpc) is 3.08. The fourth-order valence-corrected chi connectivity index (χ4v) is 2.12. The lowest BCUT2D eigenvalue weighted by molar-refractivity contribution is 0.495. The minimum atomic E-state index is 0.630. The van der Waals surface area contributed by atoms with Gasteiger partial charge < -0.3 is 14.2 Å². The van der Waals surface area contributed by atoms with Crippen LogP contribution in [0.3, 0.4) is 0 Å². The second kappa shape index (κ2) is 5.32. The molecule has 0 aliphatic carbocycles. The van der Waals surface area contributed by atoms with E-state index in [0.717, 1.165) is 27.4 Å². The van der Waals surface area contributed by atoms with Crippen LogP contribution in [0.25, 0.3) is 11.3 Å². The van der Waals surface area contributed by atoms with Crippen LogP contribution in [0.4, 0.5) is 5.69 Å². The molecule has 0 bridgehead atoms. The number of rotatable bonds is 4. The Kier molecular flexibility index (Phi) is 3.37. The van der Waals surface area contributed by atoms with Crippen LogP contribution in [0, 0.1) is 0 Å². The highest BCUT2D eigenvalue weighted by Gasteiger charge is 2.03. The minimum absolute atomic E-state index is 0.630. The maximum Gasteiger partial charge on any atom is 0.181 e. The number of aromatic nitrogens is 1. The molecule has 0 saturated heterocycles. The lowest BCUT2D eigenvalue weighted by Crippen LogP contribution is -1.97. The predicted octanol–water partition coefficient (Wildman–Crippen LogP) is 4.31. The van der Waals surface area contributed by atoms with Crippen LogP contribution in [0.1, 0.15) is 5.76 Å². The number of nitrogens with one attached hydrogen (secondary N) is 1. The Morgan fingerprint density at radius 3 is 2.89 bits per heavy atom. The van der Waals surface area contributed by atoms with Crippen molar-refractivity contribution < 1.29 is 8.83 Å². The molecule has 0 fully saturated rings. The van der Waals surface area contributed by atoms with Crippen molar-refractivity contribution in [2.45, 2.75) is 6.54 Å². The van der Waals surface area contributed by atoms with Gasteiger partial charge in [0.1, 0.15) is 5.76 Å². The van der Waals surface area contributed by atoms with Gasteiger partial charge in [0.05, 0.1) is 12.7 Å². The molecule has 0 unspecified atom stereocenters. The summed E-state index contributed by atoms with van der Waals surface area (Å²) in [5.41, 5.74) is 1.99. The molecule has 96 valence electrons. The van der Waals surface area contributed by atoms with E-state index in [2.05, 4.69) is 26.2 Å². The highest BCUT2D eigenvalue weighted by atomic mass is 79.9. The maximum atomic E-state index is 5.43. The molecule has 0 spiro atoms. The number of hydrogen-bond acceptors (Lipinski definition) is 4. The lowest BCUT2D eigenvalue weighted by Gasteiger charge is -2.05. The SMILES string of the molecule is Brc1ccc(CNc2cccc(-c3cnco3)c2)o1. The molecule has 1 N–H and O–H groups in total. The summed E-state index contributed by atoms with van der Waals surface area (Å²) in [5.74, 6) is 1.63. The van der Waals surface area contributed by atoms with Gasteiger partial charge in [-0.15, -0.1) is 0 Å². The van der Waals surface area contributed by atoms with Crippen LogP contribution >= 0.6 is 15.9 Å². The molecular weight excluding hydrogens is 308 g/mol. The van der Waals surface area contributed by atoms with Gasteiger partial charge in [0, 0.05) is 11.3 Å². The molecule has 0 radical (unpaired) electrons. The number of anilines is 1. The Morgan fingerprint density at radius 1 is 1.21 bits per heavy atom. The standard InChI is InChI=1S/C14H11BrN2O2/c15-14-5-4-12(19-14)7-17-11-3-1-2-10(6-11)13-8-16-9-18-13/h1-6,8-9,17H,7H2. The average molecular weight is 319 g/mol. The van der Waals surface area contributed by atoms with Crippen LogP contribution in [-0.2, 0) is 6.54 Å². The predicted molar refractivity (Wildman–Crippen MR) is 75.7 cm³/mol. The number of oxazole rings is 1. The first-order valence-electron chi connectivity index (χ1n) is 5.78. The van der Waals surface area contributed by atoms with E-state index in [1.807, 2.05) is 36.4 Å². The Labute approximate surface area is 118 Å². The van der Waals surface area contributed by atoms with Gasteiger partial charge in [-0.1, -0.05) is 12.1 Å². The van der Waals surface area contributed by atoms with Gasteiger partial charge in [0.15, 0.2) is 16.8 Å². The molecular formula is C14H11BrN2O2. The molecule has 2 heterocycles. The van der Waals surface area contributed by atoms with Crippen molar-refractivity contribution in [3.8, 4) is 11.3 Å². The summed E-state index contributed by atoms with van der Waals surface area (Å²) >= 11 is 3.28. The fourth-order valence-electron chi connectivity index (χ4n) is 1.78. The molecule has 0 saturated carbocycles. The normalized spacial score (nSPS) is 10.6. The van der Waals surface area contributed by atoms with Gasteiger partial charge in [-0.2, -0.15) is 0 Å². The van der Waals surface area contributed by atoms with Gasteiger partial charge >= 0.3 is 0 Å². The Balaban J connectivity index is 1.73. The highest BCUT2D eigenvalue weighted by molar-refractivity contribution is 9.10. The largest absolute Gasteiger partial charge is 0.452 e. The van der Waals surface area contributed by atoms with Crippen molar-refractivity contribution in [1.29, 1.82) is 0 Å². The third-order valence-corrected chi connectivity index (χ3v) is 3.10. The second-order valence-electron chi connectivity index (χ2n) is 4.01. The molecule has 5 heteroatoms. The molecule has 1 aromatic carbocycles. The van der Waals surface area contributed by atoms with Crippen LogP contribution in [-0.4, -0.2) is 4.98 Å². The van der Waals surface area contributed by atoms with E-state index in [-0.39, 0.29) is 0 Å². The van der Waals surface area contributed by atoms with Crippen molar-refractivity contribution >= 4 is 21.6 Å². The molecule has 0 amide bonds. The Bertz CT molecular complexity index is 662. The summed E-state index contributed by atoms with van der Waals surface area (Å²) in [5, 5.41) is 3.30. The topological polar surface area (TPSA) is 51.2 Å². The molecule has 0 aliphatic heterocycles. The Morgan fingerprint density at radius 2 is 2.16 bits per heavy atom. The molecule has 0 aliphatic rings. The number of benzene rings is 1. The zero-order valence-electron chi connectivity index (χ0n) is 9.97. The van der Waals surface area contributed by atoms with Gasteiger partial charge in [-0.25, -0.2) is 4.98 Å². The van der Waals surface area contributed by atoms with Crippen molar-refractivity contribution in [2.24, 2.45) is 0 Å². The monoisotopic (exact) mass is 318 g/mol. The first-order chi connectivity index (χ1) is 9.31. The van der Waals surface area contributed by atoms with Gasteiger partial charge in [0.2, 0.25) is 0 Å². The maximum absolute atomic E-state index is 5.43. The molecule has 2 aromatic heterocycles. The quantitative estimate of drug-likeness (QED) is 0.778. The summed E-state index contributed by atoms with van der Waals surface area (Å²) in [4.78, 5) is 3.92. The van der Waals surface area contributed by atoms with Gasteiger partial charge in [-0.05, 0) is 40.2 Å². The Hall–Kier alpha value is -2.01. The van der Waals surface area contributed by atoms with Gasteiger partial charge in [0.25, 0.3) is 0 Å². The third-order valence-electron chi connectivity index (χ3n) is 2.68. The summed E-state index contributed by atoms with van der Waals surface area (Å²) < 4.78 is 11.4. The van der Waals surface area contributed by atoms with Crippen molar-refractivity contribution in [3.63, 3.8) is 0 Å². The van der Waals surface area contributed by atoms with Crippen molar-refractivity contribution in [1.82, 2.24) is 4.98 Å². The third kappa shape index (κ3) is 2.88. The summed E-state index contributed by atoms with van der Waals surface area (Å²) in [6.45, 7) is 0.630. The van der Waals surface area contributed by atoms with Crippen molar-refractivity contribution in [2.75, 3.05) is 5.32 Å². The summed E-state index contributed by atoms with van der Waals surface area (Å²) in [6.07, 6.45) is 3.12. The van der Waals surface area contributed by atoms with Crippen LogP contribution in [0.5, 0.6) is 0 Å². The van der Waals surface area contributed by atoms with E-state index in [0.29, 0.717) is 6.54 Å². The number of halogens is 1. The van der Waals surface area contributed by atoms with Crippen LogP contribution < -0.4 is 5.32 Å². The molecule has 0 atom stereocenters. The van der Waals surface area contributed by atoms with E-state index in [9.17, 15) is 0 Å². The van der Waals surface area contributed by atoms with E-state index in [1.165, 1.54) is 6.39 Å². The summed E-state index contributed by atoms with van der Waals surface area (Å²) in [6, 6.07) is 11.8. The fraction of sp³-hybridized carbons (Fsp3) is 0.0714. The van der Waals surface area contributed by atoms with Crippen molar-refractivity contribution in [3.05, 3.63) is 59.4 Å². The number of hydrogen-bond donors (Lipinski definition) is 1. The van der Waals surface area contributed by atoms with E-state index in [4.69, 9.17) is 8.83 Å². The number of nitrogens with zero attached hydrogens (tertiary/aromatic N) is 1. The zero-order valence-corrected chi connectivity index (χ0v) is 11.6.